The first-order valence-corrected chi connectivity index (χ1v) is 5.76. The molecule has 86 valence electrons. The van der Waals surface area contributed by atoms with Crippen molar-refractivity contribution in [3.8, 4) is 0 Å². The van der Waals surface area contributed by atoms with Crippen molar-refractivity contribution in [2.24, 2.45) is 11.1 Å². The van der Waals surface area contributed by atoms with Gasteiger partial charge in [-0.15, -0.1) is 0 Å². The van der Waals surface area contributed by atoms with Gasteiger partial charge in [0, 0.05) is 18.6 Å². The minimum atomic E-state index is 0.269. The van der Waals surface area contributed by atoms with Crippen molar-refractivity contribution in [2.75, 3.05) is 13.6 Å². The fraction of sp³-hybridized carbons (Fsp3) is 1.00. The Labute approximate surface area is 89.9 Å². The van der Waals surface area contributed by atoms with Gasteiger partial charge in [-0.2, -0.15) is 0 Å². The maximum atomic E-state index is 5.85. The van der Waals surface area contributed by atoms with Gasteiger partial charge >= 0.3 is 0 Å². The molecule has 0 aliphatic rings. The second-order valence-electron chi connectivity index (χ2n) is 5.42. The predicted octanol–water partition coefficient (Wildman–Crippen LogP) is 2.48. The van der Waals surface area contributed by atoms with Crippen molar-refractivity contribution in [1.29, 1.82) is 0 Å². The molecule has 0 aromatic rings. The molecular weight excluding hydrogens is 172 g/mol. The van der Waals surface area contributed by atoms with Crippen molar-refractivity contribution >= 4 is 0 Å². The molecule has 0 spiro atoms. The zero-order chi connectivity index (χ0) is 11.4. The molecule has 0 heterocycles. The van der Waals surface area contributed by atoms with Crippen molar-refractivity contribution < 1.29 is 0 Å². The number of rotatable bonds is 5. The van der Waals surface area contributed by atoms with Crippen LogP contribution in [0, 0.1) is 5.41 Å². The van der Waals surface area contributed by atoms with Gasteiger partial charge in [-0.3, -0.25) is 4.90 Å². The van der Waals surface area contributed by atoms with Gasteiger partial charge in [-0.25, -0.2) is 0 Å². The third-order valence-corrected chi connectivity index (χ3v) is 3.12. The zero-order valence-corrected chi connectivity index (χ0v) is 10.8. The number of nitrogens with zero attached hydrogens (tertiary/aromatic N) is 1. The van der Waals surface area contributed by atoms with Gasteiger partial charge in [0.1, 0.15) is 0 Å². The third-order valence-electron chi connectivity index (χ3n) is 3.12. The Bertz CT molecular complexity index is 149. The van der Waals surface area contributed by atoms with Crippen LogP contribution in [0.5, 0.6) is 0 Å². The minimum absolute atomic E-state index is 0.269. The molecule has 0 rings (SSSR count). The van der Waals surface area contributed by atoms with Crippen LogP contribution in [0.1, 0.15) is 47.5 Å². The van der Waals surface area contributed by atoms with E-state index in [1.807, 2.05) is 0 Å². The van der Waals surface area contributed by atoms with E-state index in [4.69, 9.17) is 5.73 Å². The standard InChI is InChI=1S/C12H28N2/c1-7-8-10(2)14(6)11(9-13)12(3,4)5/h10-11H,7-9,13H2,1-6H3. The highest BCUT2D eigenvalue weighted by molar-refractivity contribution is 4.84. The Morgan fingerprint density at radius 3 is 2.07 bits per heavy atom. The first-order valence-electron chi connectivity index (χ1n) is 5.76. The molecule has 14 heavy (non-hydrogen) atoms. The van der Waals surface area contributed by atoms with Crippen LogP contribution in [0.4, 0.5) is 0 Å². The Kier molecular flexibility index (Phi) is 5.68. The number of likely N-dealkylation sites (N-methyl/N-ethyl adjacent to an activating group) is 1. The lowest BCUT2D eigenvalue weighted by Gasteiger charge is -2.40. The zero-order valence-electron chi connectivity index (χ0n) is 10.8. The monoisotopic (exact) mass is 200 g/mol. The lowest BCUT2D eigenvalue weighted by atomic mass is 9.85. The highest BCUT2D eigenvalue weighted by Crippen LogP contribution is 2.24. The van der Waals surface area contributed by atoms with Gasteiger partial charge in [0.2, 0.25) is 0 Å². The molecule has 2 N–H and O–H groups in total. The van der Waals surface area contributed by atoms with E-state index in [0.29, 0.717) is 12.1 Å². The Hall–Kier alpha value is -0.0800. The summed E-state index contributed by atoms with van der Waals surface area (Å²) in [6.45, 7) is 12.1. The molecule has 0 amide bonds. The van der Waals surface area contributed by atoms with Crippen LogP contribution >= 0.6 is 0 Å². The van der Waals surface area contributed by atoms with Crippen molar-refractivity contribution in [2.45, 2.75) is 59.5 Å². The molecule has 2 nitrogen and oxygen atoms in total. The maximum absolute atomic E-state index is 5.85. The molecule has 0 aromatic carbocycles. The van der Waals surface area contributed by atoms with Crippen molar-refractivity contribution in [3.63, 3.8) is 0 Å². The molecule has 0 aliphatic heterocycles. The highest BCUT2D eigenvalue weighted by atomic mass is 15.2. The van der Waals surface area contributed by atoms with Gasteiger partial charge in [-0.05, 0) is 25.8 Å². The Morgan fingerprint density at radius 1 is 1.29 bits per heavy atom. The van der Waals surface area contributed by atoms with Gasteiger partial charge in [-0.1, -0.05) is 34.1 Å². The molecule has 0 aliphatic carbocycles. The molecule has 0 fully saturated rings. The van der Waals surface area contributed by atoms with Crippen LogP contribution in [0.25, 0.3) is 0 Å². The van der Waals surface area contributed by atoms with Crippen LogP contribution in [-0.4, -0.2) is 30.6 Å². The Morgan fingerprint density at radius 2 is 1.79 bits per heavy atom. The summed E-state index contributed by atoms with van der Waals surface area (Å²) in [5.74, 6) is 0. The lowest BCUT2D eigenvalue weighted by molar-refractivity contribution is 0.0925. The van der Waals surface area contributed by atoms with E-state index in [-0.39, 0.29) is 5.41 Å². The van der Waals surface area contributed by atoms with Gasteiger partial charge in [0.15, 0.2) is 0 Å². The topological polar surface area (TPSA) is 29.3 Å². The minimum Gasteiger partial charge on any atom is -0.329 e. The molecule has 2 atom stereocenters. The van der Waals surface area contributed by atoms with Crippen LogP contribution in [0.15, 0.2) is 0 Å². The number of hydrogen-bond acceptors (Lipinski definition) is 2. The summed E-state index contributed by atoms with van der Waals surface area (Å²) >= 11 is 0. The van der Waals surface area contributed by atoms with Gasteiger partial charge in [0.25, 0.3) is 0 Å². The molecule has 0 saturated heterocycles. The molecular formula is C12H28N2. The average Bonchev–Trinajstić information content (AvgIpc) is 2.03. The first-order chi connectivity index (χ1) is 6.34. The fourth-order valence-corrected chi connectivity index (χ4v) is 2.06. The molecule has 0 radical (unpaired) electrons. The smallest absolute Gasteiger partial charge is 0.0266 e. The number of hydrogen-bond donors (Lipinski definition) is 1. The summed E-state index contributed by atoms with van der Waals surface area (Å²) < 4.78 is 0. The maximum Gasteiger partial charge on any atom is 0.0266 e. The van der Waals surface area contributed by atoms with E-state index in [0.717, 1.165) is 6.54 Å². The van der Waals surface area contributed by atoms with Crippen molar-refractivity contribution in [1.82, 2.24) is 4.90 Å². The molecule has 2 unspecified atom stereocenters. The van der Waals surface area contributed by atoms with Crippen LogP contribution < -0.4 is 5.73 Å². The molecule has 0 saturated carbocycles. The summed E-state index contributed by atoms with van der Waals surface area (Å²) in [4.78, 5) is 2.43. The van der Waals surface area contributed by atoms with E-state index in [1.54, 1.807) is 0 Å². The van der Waals surface area contributed by atoms with E-state index in [2.05, 4.69) is 46.6 Å². The normalized spacial score (nSPS) is 17.1. The molecule has 2 heteroatoms. The summed E-state index contributed by atoms with van der Waals surface area (Å²) in [7, 11) is 2.20. The average molecular weight is 200 g/mol. The van der Waals surface area contributed by atoms with Crippen LogP contribution in [0.2, 0.25) is 0 Å². The van der Waals surface area contributed by atoms with E-state index >= 15 is 0 Å². The summed E-state index contributed by atoms with van der Waals surface area (Å²) in [5.41, 5.74) is 6.12. The third kappa shape index (κ3) is 3.97. The van der Waals surface area contributed by atoms with Gasteiger partial charge in [0.05, 0.1) is 0 Å². The second kappa shape index (κ2) is 5.72. The van der Waals surface area contributed by atoms with Crippen molar-refractivity contribution in [3.05, 3.63) is 0 Å². The second-order valence-corrected chi connectivity index (χ2v) is 5.42. The van der Waals surface area contributed by atoms with E-state index < -0.39 is 0 Å². The first kappa shape index (κ1) is 13.9. The lowest BCUT2D eigenvalue weighted by Crippen LogP contribution is -2.50. The summed E-state index contributed by atoms with van der Waals surface area (Å²) in [6, 6.07) is 1.11. The van der Waals surface area contributed by atoms with Crippen LogP contribution in [-0.2, 0) is 0 Å². The highest BCUT2D eigenvalue weighted by Gasteiger charge is 2.28. The van der Waals surface area contributed by atoms with E-state index in [1.165, 1.54) is 12.8 Å². The Balaban J connectivity index is 4.38. The summed E-state index contributed by atoms with van der Waals surface area (Å²) in [5, 5.41) is 0. The van der Waals surface area contributed by atoms with Gasteiger partial charge < -0.3 is 5.73 Å². The predicted molar refractivity (Wildman–Crippen MR) is 64.4 cm³/mol. The molecule has 0 bridgehead atoms. The fourth-order valence-electron chi connectivity index (χ4n) is 2.06. The summed E-state index contributed by atoms with van der Waals surface area (Å²) in [6.07, 6.45) is 2.50. The quantitative estimate of drug-likeness (QED) is 0.739. The SMILES string of the molecule is CCCC(C)N(C)C(CN)C(C)(C)C. The molecule has 0 aromatic heterocycles. The van der Waals surface area contributed by atoms with E-state index in [9.17, 15) is 0 Å². The largest absolute Gasteiger partial charge is 0.329 e. The van der Waals surface area contributed by atoms with Crippen LogP contribution in [0.3, 0.4) is 0 Å². The number of nitrogens with two attached hydrogens (primary N) is 1.